The van der Waals surface area contributed by atoms with E-state index in [1.807, 2.05) is 0 Å². The highest BCUT2D eigenvalue weighted by molar-refractivity contribution is 7.90. The van der Waals surface area contributed by atoms with Crippen LogP contribution in [0.3, 0.4) is 0 Å². The molecule has 1 rings (SSSR count). The number of benzene rings is 1. The molecule has 0 aliphatic heterocycles. The van der Waals surface area contributed by atoms with Gasteiger partial charge in [-0.25, -0.2) is 5.14 Å². The first-order valence-electron chi connectivity index (χ1n) is 3.51. The van der Waals surface area contributed by atoms with E-state index in [-0.39, 0.29) is 6.61 Å². The van der Waals surface area contributed by atoms with Crippen molar-refractivity contribution in [1.29, 1.82) is 0 Å². The zero-order valence-corrected chi connectivity index (χ0v) is 7.58. The monoisotopic (exact) mass is 202 g/mol. The molecule has 0 fully saturated rings. The smallest absolute Gasteiger partial charge is 0.296 e. The average Bonchev–Trinajstić information content (AvgIpc) is 2.03. The van der Waals surface area contributed by atoms with E-state index in [4.69, 9.17) is 10.2 Å². The van der Waals surface area contributed by atoms with E-state index in [0.717, 1.165) is 0 Å². The predicted molar refractivity (Wildman–Crippen MR) is 49.1 cm³/mol. The third-order valence-electron chi connectivity index (χ3n) is 1.40. The van der Waals surface area contributed by atoms with Gasteiger partial charge in [-0.3, -0.25) is 4.72 Å². The summed E-state index contributed by atoms with van der Waals surface area (Å²) in [5, 5.41) is 13.4. The number of anilines is 1. The maximum atomic E-state index is 10.6. The fourth-order valence-corrected chi connectivity index (χ4v) is 1.31. The zero-order valence-electron chi connectivity index (χ0n) is 6.77. The molecular formula is C7H10N2O3S. The van der Waals surface area contributed by atoms with Crippen molar-refractivity contribution in [3.63, 3.8) is 0 Å². The standard InChI is InChI=1S/C7H10N2O3S/c8-13(11,12)9-7-3-1-6(5-10)2-4-7/h1-4,9-10H,5H2,(H2,8,11,12). The Morgan fingerprint density at radius 1 is 1.31 bits per heavy atom. The molecule has 0 aliphatic rings. The van der Waals surface area contributed by atoms with Crippen LogP contribution in [0.15, 0.2) is 24.3 Å². The van der Waals surface area contributed by atoms with E-state index >= 15 is 0 Å². The van der Waals surface area contributed by atoms with E-state index < -0.39 is 10.2 Å². The van der Waals surface area contributed by atoms with Crippen molar-refractivity contribution in [2.45, 2.75) is 6.61 Å². The van der Waals surface area contributed by atoms with Crippen LogP contribution in [0.5, 0.6) is 0 Å². The lowest BCUT2D eigenvalue weighted by molar-refractivity contribution is 0.282. The first-order chi connectivity index (χ1) is 6.01. The molecule has 0 saturated heterocycles. The average molecular weight is 202 g/mol. The highest BCUT2D eigenvalue weighted by atomic mass is 32.2. The van der Waals surface area contributed by atoms with Crippen LogP contribution in [0.2, 0.25) is 0 Å². The number of aliphatic hydroxyl groups excluding tert-OH is 1. The minimum atomic E-state index is -3.71. The van der Waals surface area contributed by atoms with E-state index in [0.29, 0.717) is 11.3 Å². The normalized spacial score (nSPS) is 11.2. The fourth-order valence-electron chi connectivity index (χ4n) is 0.842. The molecule has 5 nitrogen and oxygen atoms in total. The molecule has 0 unspecified atom stereocenters. The highest BCUT2D eigenvalue weighted by Crippen LogP contribution is 2.09. The van der Waals surface area contributed by atoms with Gasteiger partial charge in [0.15, 0.2) is 0 Å². The molecule has 0 atom stereocenters. The van der Waals surface area contributed by atoms with Crippen molar-refractivity contribution < 1.29 is 13.5 Å². The van der Waals surface area contributed by atoms with Crippen LogP contribution >= 0.6 is 0 Å². The molecule has 0 radical (unpaired) electrons. The second kappa shape index (κ2) is 3.73. The summed E-state index contributed by atoms with van der Waals surface area (Å²) in [6.07, 6.45) is 0. The Morgan fingerprint density at radius 3 is 2.23 bits per heavy atom. The van der Waals surface area contributed by atoms with Gasteiger partial charge in [0, 0.05) is 5.69 Å². The minimum absolute atomic E-state index is 0.0738. The van der Waals surface area contributed by atoms with Gasteiger partial charge >= 0.3 is 0 Å². The van der Waals surface area contributed by atoms with E-state index in [9.17, 15) is 8.42 Å². The van der Waals surface area contributed by atoms with Crippen molar-refractivity contribution in [1.82, 2.24) is 0 Å². The Labute approximate surface area is 76.4 Å². The Hall–Kier alpha value is -1.11. The van der Waals surface area contributed by atoms with Crippen LogP contribution in [-0.2, 0) is 16.8 Å². The summed E-state index contributed by atoms with van der Waals surface area (Å²) >= 11 is 0. The maximum absolute atomic E-state index is 10.6. The Bertz CT molecular complexity index is 371. The maximum Gasteiger partial charge on any atom is 0.296 e. The molecule has 0 aliphatic carbocycles. The summed E-state index contributed by atoms with van der Waals surface area (Å²) in [7, 11) is -3.71. The van der Waals surface area contributed by atoms with Gasteiger partial charge in [0.2, 0.25) is 0 Å². The Kier molecular flexibility index (Phi) is 2.86. The largest absolute Gasteiger partial charge is 0.392 e. The van der Waals surface area contributed by atoms with Crippen molar-refractivity contribution in [2.75, 3.05) is 4.72 Å². The zero-order chi connectivity index (χ0) is 9.90. The molecule has 0 spiro atoms. The number of hydrogen-bond acceptors (Lipinski definition) is 3. The first-order valence-corrected chi connectivity index (χ1v) is 5.06. The molecule has 4 N–H and O–H groups in total. The summed E-state index contributed by atoms with van der Waals surface area (Å²) < 4.78 is 23.2. The van der Waals surface area contributed by atoms with Crippen molar-refractivity contribution in [3.05, 3.63) is 29.8 Å². The summed E-state index contributed by atoms with van der Waals surface area (Å²) in [6, 6.07) is 6.26. The lowest BCUT2D eigenvalue weighted by Crippen LogP contribution is -2.21. The van der Waals surface area contributed by atoms with Crippen molar-refractivity contribution in [3.8, 4) is 0 Å². The van der Waals surface area contributed by atoms with Gasteiger partial charge in [0.25, 0.3) is 10.2 Å². The highest BCUT2D eigenvalue weighted by Gasteiger charge is 2.00. The number of rotatable bonds is 3. The second-order valence-electron chi connectivity index (χ2n) is 2.50. The number of hydrogen-bond donors (Lipinski definition) is 3. The van der Waals surface area contributed by atoms with Crippen LogP contribution < -0.4 is 9.86 Å². The van der Waals surface area contributed by atoms with Gasteiger partial charge in [-0.1, -0.05) is 12.1 Å². The second-order valence-corrected chi connectivity index (χ2v) is 3.80. The third-order valence-corrected chi connectivity index (χ3v) is 1.92. The Balaban J connectivity index is 2.81. The van der Waals surface area contributed by atoms with Gasteiger partial charge < -0.3 is 5.11 Å². The molecule has 0 heterocycles. The van der Waals surface area contributed by atoms with Gasteiger partial charge in [-0.05, 0) is 17.7 Å². The first kappa shape index (κ1) is 9.97. The molecule has 72 valence electrons. The fraction of sp³-hybridized carbons (Fsp3) is 0.143. The lowest BCUT2D eigenvalue weighted by atomic mass is 10.2. The molecule has 13 heavy (non-hydrogen) atoms. The van der Waals surface area contributed by atoms with Gasteiger partial charge in [0.05, 0.1) is 6.61 Å². The van der Waals surface area contributed by atoms with Crippen LogP contribution in [-0.4, -0.2) is 13.5 Å². The molecule has 0 amide bonds. The van der Waals surface area contributed by atoms with Gasteiger partial charge in [-0.15, -0.1) is 0 Å². The minimum Gasteiger partial charge on any atom is -0.392 e. The van der Waals surface area contributed by atoms with Crippen LogP contribution in [0.25, 0.3) is 0 Å². The van der Waals surface area contributed by atoms with E-state index in [1.54, 1.807) is 12.1 Å². The topological polar surface area (TPSA) is 92.4 Å². The Morgan fingerprint density at radius 2 is 1.85 bits per heavy atom. The summed E-state index contributed by atoms with van der Waals surface area (Å²) in [6.45, 7) is -0.0738. The molecule has 1 aromatic carbocycles. The number of nitrogens with two attached hydrogens (primary N) is 1. The quantitative estimate of drug-likeness (QED) is 0.633. The van der Waals surface area contributed by atoms with E-state index in [2.05, 4.69) is 4.72 Å². The summed E-state index contributed by atoms with van der Waals surface area (Å²) in [5.74, 6) is 0. The van der Waals surface area contributed by atoms with Crippen LogP contribution in [0.1, 0.15) is 5.56 Å². The number of nitrogens with one attached hydrogen (secondary N) is 1. The molecular weight excluding hydrogens is 192 g/mol. The molecule has 1 aromatic rings. The van der Waals surface area contributed by atoms with Gasteiger partial charge in [0.1, 0.15) is 0 Å². The van der Waals surface area contributed by atoms with Gasteiger partial charge in [-0.2, -0.15) is 8.42 Å². The molecule has 0 aromatic heterocycles. The van der Waals surface area contributed by atoms with Crippen LogP contribution in [0, 0.1) is 0 Å². The third kappa shape index (κ3) is 3.41. The summed E-state index contributed by atoms with van der Waals surface area (Å²) in [5.41, 5.74) is 1.08. The number of aliphatic hydroxyl groups is 1. The van der Waals surface area contributed by atoms with E-state index in [1.165, 1.54) is 12.1 Å². The molecule has 0 bridgehead atoms. The predicted octanol–water partition coefficient (Wildman–Crippen LogP) is -0.206. The van der Waals surface area contributed by atoms with Crippen molar-refractivity contribution in [2.24, 2.45) is 5.14 Å². The lowest BCUT2D eigenvalue weighted by Gasteiger charge is -2.03. The summed E-state index contributed by atoms with van der Waals surface area (Å²) in [4.78, 5) is 0. The van der Waals surface area contributed by atoms with Crippen molar-refractivity contribution >= 4 is 15.9 Å². The molecule has 6 heteroatoms. The molecule has 0 saturated carbocycles. The SMILES string of the molecule is NS(=O)(=O)Nc1ccc(CO)cc1. The van der Waals surface area contributed by atoms with Crippen LogP contribution in [0.4, 0.5) is 5.69 Å².